The first-order valence-corrected chi connectivity index (χ1v) is 6.33. The van der Waals surface area contributed by atoms with Gasteiger partial charge in [-0.15, -0.1) is 0 Å². The minimum atomic E-state index is -2.57. The van der Waals surface area contributed by atoms with Crippen LogP contribution < -0.4 is 11.1 Å². The molecule has 4 nitrogen and oxygen atoms in total. The molecule has 0 unspecified atom stereocenters. The van der Waals surface area contributed by atoms with Crippen LogP contribution in [0.25, 0.3) is 0 Å². The fourth-order valence-corrected chi connectivity index (χ4v) is 2.53. The second-order valence-corrected chi connectivity index (χ2v) is 4.80. The largest absolute Gasteiger partial charge is 0.505 e. The molecule has 1 aliphatic heterocycles. The number of nitrogen functional groups attached to an aromatic ring is 1. The van der Waals surface area contributed by atoms with Crippen molar-refractivity contribution in [2.75, 3.05) is 31.9 Å². The summed E-state index contributed by atoms with van der Waals surface area (Å²) in [4.78, 5) is 1.70. The number of halogens is 2. The maximum Gasteiger partial charge on any atom is 0.258 e. The molecule has 1 saturated heterocycles. The van der Waals surface area contributed by atoms with Crippen LogP contribution in [0.4, 0.5) is 14.5 Å². The molecule has 1 atom stereocenters. The predicted octanol–water partition coefficient (Wildman–Crippen LogP) is 1.49. The van der Waals surface area contributed by atoms with Gasteiger partial charge in [0.05, 0.1) is 5.69 Å². The van der Waals surface area contributed by atoms with Crippen LogP contribution in [0.1, 0.15) is 17.2 Å². The quantitative estimate of drug-likeness (QED) is 0.576. The molecule has 106 valence electrons. The normalized spacial score (nSPS) is 18.7. The number of benzene rings is 1. The molecule has 4 N–H and O–H groups in total. The number of alkyl halides is 2. The standard InChI is InChI=1S/C13H19F2N3O/c1-8-2-3-9(16)12(19)10(8)11(13(14)15)18-6-4-17-5-7-18/h2-3,11,13,17,19H,4-7,16H2,1H3/t11-/m1/s1. The second-order valence-electron chi connectivity index (χ2n) is 4.80. The van der Waals surface area contributed by atoms with Crippen molar-refractivity contribution in [3.05, 3.63) is 23.3 Å². The lowest BCUT2D eigenvalue weighted by molar-refractivity contribution is 0.0167. The molecule has 19 heavy (non-hydrogen) atoms. The summed E-state index contributed by atoms with van der Waals surface area (Å²) in [5.74, 6) is -0.219. The lowest BCUT2D eigenvalue weighted by atomic mass is 9.97. The summed E-state index contributed by atoms with van der Waals surface area (Å²) in [6, 6.07) is 2.10. The number of nitrogens with zero attached hydrogens (tertiary/aromatic N) is 1. The van der Waals surface area contributed by atoms with E-state index in [0.29, 0.717) is 31.7 Å². The third-order valence-corrected chi connectivity index (χ3v) is 3.55. The lowest BCUT2D eigenvalue weighted by Gasteiger charge is -2.35. The van der Waals surface area contributed by atoms with E-state index in [0.717, 1.165) is 0 Å². The molecule has 1 fully saturated rings. The molecule has 0 saturated carbocycles. The first kappa shape index (κ1) is 14.0. The Kier molecular flexibility index (Phi) is 4.21. The molecule has 0 radical (unpaired) electrons. The van der Waals surface area contributed by atoms with Crippen LogP contribution in [0, 0.1) is 6.92 Å². The van der Waals surface area contributed by atoms with E-state index in [1.807, 2.05) is 0 Å². The average molecular weight is 271 g/mol. The molecule has 0 amide bonds. The summed E-state index contributed by atoms with van der Waals surface area (Å²) in [6.07, 6.45) is -2.57. The summed E-state index contributed by atoms with van der Waals surface area (Å²) < 4.78 is 26.9. The fraction of sp³-hybridized carbons (Fsp3) is 0.538. The maximum absolute atomic E-state index is 13.4. The van der Waals surface area contributed by atoms with Gasteiger partial charge in [0, 0.05) is 31.7 Å². The SMILES string of the molecule is Cc1ccc(N)c(O)c1[C@H](C(F)F)N1CCNCC1. The molecule has 1 heterocycles. The first-order valence-electron chi connectivity index (χ1n) is 6.33. The van der Waals surface area contributed by atoms with Gasteiger partial charge in [-0.3, -0.25) is 4.90 Å². The number of hydrogen-bond acceptors (Lipinski definition) is 4. The molecule has 2 rings (SSSR count). The van der Waals surface area contributed by atoms with Crippen LogP contribution in [0.2, 0.25) is 0 Å². The zero-order valence-electron chi connectivity index (χ0n) is 10.9. The Bertz CT molecular complexity index is 448. The number of aryl methyl sites for hydroxylation is 1. The van der Waals surface area contributed by atoms with E-state index in [4.69, 9.17) is 5.73 Å². The monoisotopic (exact) mass is 271 g/mol. The van der Waals surface area contributed by atoms with Gasteiger partial charge in [-0.25, -0.2) is 8.78 Å². The van der Waals surface area contributed by atoms with E-state index < -0.39 is 12.5 Å². The number of hydrogen-bond donors (Lipinski definition) is 3. The van der Waals surface area contributed by atoms with E-state index in [1.165, 1.54) is 6.07 Å². The van der Waals surface area contributed by atoms with E-state index in [1.54, 1.807) is 17.9 Å². The van der Waals surface area contributed by atoms with Gasteiger partial charge in [-0.2, -0.15) is 0 Å². The molecule has 1 aromatic carbocycles. The van der Waals surface area contributed by atoms with E-state index in [2.05, 4.69) is 5.32 Å². The number of nitrogens with one attached hydrogen (secondary N) is 1. The Labute approximate surface area is 111 Å². The van der Waals surface area contributed by atoms with Crippen molar-refractivity contribution in [1.29, 1.82) is 0 Å². The Hall–Kier alpha value is -1.40. The van der Waals surface area contributed by atoms with Crippen LogP contribution in [0.15, 0.2) is 12.1 Å². The Balaban J connectivity index is 2.41. The number of phenols is 1. The third-order valence-electron chi connectivity index (χ3n) is 3.55. The molecule has 0 aromatic heterocycles. The lowest BCUT2D eigenvalue weighted by Crippen LogP contribution is -2.47. The highest BCUT2D eigenvalue weighted by Crippen LogP contribution is 2.38. The minimum absolute atomic E-state index is 0.140. The van der Waals surface area contributed by atoms with Crippen LogP contribution in [-0.4, -0.2) is 42.6 Å². The van der Waals surface area contributed by atoms with E-state index in [9.17, 15) is 13.9 Å². The molecule has 1 aliphatic rings. The van der Waals surface area contributed by atoms with Crippen molar-refractivity contribution in [1.82, 2.24) is 10.2 Å². The molecule has 0 spiro atoms. The van der Waals surface area contributed by atoms with Crippen molar-refractivity contribution in [2.45, 2.75) is 19.4 Å². The number of piperazine rings is 1. The molecular weight excluding hydrogens is 252 g/mol. The topological polar surface area (TPSA) is 61.5 Å². The van der Waals surface area contributed by atoms with Crippen molar-refractivity contribution in [3.63, 3.8) is 0 Å². The smallest absolute Gasteiger partial charge is 0.258 e. The number of phenolic OH excluding ortho intramolecular Hbond substituents is 1. The Morgan fingerprint density at radius 1 is 1.32 bits per heavy atom. The van der Waals surface area contributed by atoms with E-state index in [-0.39, 0.29) is 17.0 Å². The van der Waals surface area contributed by atoms with Crippen molar-refractivity contribution >= 4 is 5.69 Å². The van der Waals surface area contributed by atoms with Crippen LogP contribution in [-0.2, 0) is 0 Å². The highest BCUT2D eigenvalue weighted by molar-refractivity contribution is 5.59. The number of rotatable bonds is 3. The highest BCUT2D eigenvalue weighted by atomic mass is 19.3. The number of nitrogens with two attached hydrogens (primary N) is 1. The van der Waals surface area contributed by atoms with Gasteiger partial charge in [-0.1, -0.05) is 6.07 Å². The summed E-state index contributed by atoms with van der Waals surface area (Å²) in [7, 11) is 0. The molecule has 1 aromatic rings. The molecule has 0 aliphatic carbocycles. The average Bonchev–Trinajstić information content (AvgIpc) is 2.39. The fourth-order valence-electron chi connectivity index (χ4n) is 2.53. The van der Waals surface area contributed by atoms with Crippen LogP contribution in [0.3, 0.4) is 0 Å². The number of aromatic hydroxyl groups is 1. The summed E-state index contributed by atoms with van der Waals surface area (Å²) in [5, 5.41) is 13.2. The Morgan fingerprint density at radius 3 is 2.53 bits per heavy atom. The first-order chi connectivity index (χ1) is 9.02. The van der Waals surface area contributed by atoms with E-state index >= 15 is 0 Å². The summed E-state index contributed by atoms with van der Waals surface area (Å²) in [5.41, 5.74) is 6.65. The van der Waals surface area contributed by atoms with Crippen molar-refractivity contribution in [2.24, 2.45) is 0 Å². The van der Waals surface area contributed by atoms with Crippen molar-refractivity contribution in [3.8, 4) is 5.75 Å². The van der Waals surface area contributed by atoms with Gasteiger partial charge in [0.25, 0.3) is 6.43 Å². The number of anilines is 1. The Morgan fingerprint density at radius 2 is 1.95 bits per heavy atom. The van der Waals surface area contributed by atoms with Crippen LogP contribution in [0.5, 0.6) is 5.75 Å². The highest BCUT2D eigenvalue weighted by Gasteiger charge is 2.33. The zero-order chi connectivity index (χ0) is 14.0. The van der Waals surface area contributed by atoms with Gasteiger partial charge in [0.15, 0.2) is 0 Å². The van der Waals surface area contributed by atoms with Crippen molar-refractivity contribution < 1.29 is 13.9 Å². The third kappa shape index (κ3) is 2.79. The van der Waals surface area contributed by atoms with Gasteiger partial charge in [0.2, 0.25) is 0 Å². The van der Waals surface area contributed by atoms with Gasteiger partial charge >= 0.3 is 0 Å². The zero-order valence-corrected chi connectivity index (χ0v) is 10.9. The summed E-state index contributed by atoms with van der Waals surface area (Å²) in [6.45, 7) is 4.12. The van der Waals surface area contributed by atoms with Gasteiger partial charge < -0.3 is 16.2 Å². The van der Waals surface area contributed by atoms with Crippen LogP contribution >= 0.6 is 0 Å². The molecule has 0 bridgehead atoms. The van der Waals surface area contributed by atoms with Gasteiger partial charge in [0.1, 0.15) is 11.8 Å². The minimum Gasteiger partial charge on any atom is -0.505 e. The predicted molar refractivity (Wildman–Crippen MR) is 70.4 cm³/mol. The second kappa shape index (κ2) is 5.71. The molecular formula is C13H19F2N3O. The summed E-state index contributed by atoms with van der Waals surface area (Å²) >= 11 is 0. The maximum atomic E-state index is 13.4. The molecule has 6 heteroatoms. The van der Waals surface area contributed by atoms with Gasteiger partial charge in [-0.05, 0) is 18.6 Å².